The van der Waals surface area contributed by atoms with E-state index in [1.54, 1.807) is 0 Å². The minimum atomic E-state index is -0.168. The van der Waals surface area contributed by atoms with Gasteiger partial charge in [0.15, 0.2) is 4.34 Å². The number of cyclic esters (lactones) is 1. The number of anilines is 2. The van der Waals surface area contributed by atoms with E-state index in [0.29, 0.717) is 0 Å². The second-order valence-electron chi connectivity index (χ2n) is 5.10. The van der Waals surface area contributed by atoms with Gasteiger partial charge in [-0.15, -0.1) is 10.2 Å². The van der Waals surface area contributed by atoms with Crippen LogP contribution in [0.2, 0.25) is 0 Å². The third kappa shape index (κ3) is 3.41. The van der Waals surface area contributed by atoms with Gasteiger partial charge in [0, 0.05) is 12.1 Å². The molecule has 2 aromatic rings. The van der Waals surface area contributed by atoms with Crippen molar-refractivity contribution in [1.82, 2.24) is 10.2 Å². The molecule has 7 heteroatoms. The quantitative estimate of drug-likeness (QED) is 0.842. The van der Waals surface area contributed by atoms with Gasteiger partial charge in [-0.2, -0.15) is 0 Å². The Bertz CT molecular complexity index is 674. The molecule has 1 fully saturated rings. The van der Waals surface area contributed by atoms with Crippen molar-refractivity contribution in [1.29, 1.82) is 0 Å². The number of benzene rings is 1. The Balaban J connectivity index is 1.68. The molecule has 22 heavy (non-hydrogen) atoms. The molecule has 116 valence electrons. The number of esters is 1. The van der Waals surface area contributed by atoms with Gasteiger partial charge in [-0.25, -0.2) is 0 Å². The van der Waals surface area contributed by atoms with Gasteiger partial charge >= 0.3 is 5.97 Å². The number of hydrogen-bond acceptors (Lipinski definition) is 7. The number of thioether (sulfide) groups is 1. The molecule has 3 rings (SSSR count). The highest BCUT2D eigenvalue weighted by molar-refractivity contribution is 8.02. The molecule has 2 heterocycles. The maximum absolute atomic E-state index is 11.7. The van der Waals surface area contributed by atoms with Crippen LogP contribution in [0.15, 0.2) is 28.6 Å². The summed E-state index contributed by atoms with van der Waals surface area (Å²) in [6.07, 6.45) is 1.67. The molecule has 0 saturated carbocycles. The van der Waals surface area contributed by atoms with E-state index < -0.39 is 0 Å². The number of ether oxygens (including phenoxy) is 1. The van der Waals surface area contributed by atoms with Crippen molar-refractivity contribution in [2.75, 3.05) is 5.32 Å². The summed E-state index contributed by atoms with van der Waals surface area (Å²) in [5, 5.41) is 12.2. The third-order valence-electron chi connectivity index (χ3n) is 3.42. The van der Waals surface area contributed by atoms with Crippen LogP contribution < -0.4 is 5.32 Å². The number of hydrogen-bond donors (Lipinski definition) is 1. The zero-order valence-electron chi connectivity index (χ0n) is 12.4. The highest BCUT2D eigenvalue weighted by Crippen LogP contribution is 2.35. The van der Waals surface area contributed by atoms with Gasteiger partial charge in [-0.3, -0.25) is 4.79 Å². The van der Waals surface area contributed by atoms with E-state index in [4.69, 9.17) is 4.74 Å². The largest absolute Gasteiger partial charge is 0.462 e. The number of aryl methyl sites for hydroxylation is 1. The molecule has 5 nitrogen and oxygen atoms in total. The molecule has 1 N–H and O–H groups in total. The fraction of sp³-hybridized carbons (Fsp3) is 0.400. The molecule has 1 saturated heterocycles. The second kappa shape index (κ2) is 6.66. The Morgan fingerprint density at radius 2 is 2.23 bits per heavy atom. The molecule has 0 amide bonds. The maximum Gasteiger partial charge on any atom is 0.319 e. The normalized spacial score (nSPS) is 20.9. The van der Waals surface area contributed by atoms with Crippen LogP contribution in [0, 0.1) is 0 Å². The van der Waals surface area contributed by atoms with Crippen molar-refractivity contribution in [3.05, 3.63) is 29.8 Å². The summed E-state index contributed by atoms with van der Waals surface area (Å²) in [5.41, 5.74) is 2.28. The monoisotopic (exact) mass is 335 g/mol. The van der Waals surface area contributed by atoms with Crippen molar-refractivity contribution in [3.63, 3.8) is 0 Å². The standard InChI is InChI=1S/C15H17N3O2S2/c1-3-10-6-4-5-7-11(10)16-14-17-18-15(22-14)21-12-8-9(2)20-13(12)19/h4-7,9,12H,3,8H2,1-2H3,(H,16,17)/t9-,12+/m0/s1. The molecule has 1 aromatic heterocycles. The lowest BCUT2D eigenvalue weighted by Gasteiger charge is -2.07. The number of nitrogens with one attached hydrogen (secondary N) is 1. The van der Waals surface area contributed by atoms with Crippen molar-refractivity contribution < 1.29 is 9.53 Å². The van der Waals surface area contributed by atoms with E-state index in [1.165, 1.54) is 28.7 Å². The fourth-order valence-corrected chi connectivity index (χ4v) is 4.43. The number of carbonyl (C=O) groups is 1. The number of rotatable bonds is 5. The average Bonchev–Trinajstić information content (AvgIpc) is 3.06. The lowest BCUT2D eigenvalue weighted by molar-refractivity contribution is -0.140. The number of carbonyl (C=O) groups excluding carboxylic acids is 1. The van der Waals surface area contributed by atoms with Gasteiger partial charge in [-0.05, 0) is 25.0 Å². The minimum Gasteiger partial charge on any atom is -0.462 e. The van der Waals surface area contributed by atoms with Crippen molar-refractivity contribution in [3.8, 4) is 0 Å². The first-order valence-electron chi connectivity index (χ1n) is 7.21. The van der Waals surface area contributed by atoms with Crippen LogP contribution in [0.25, 0.3) is 0 Å². The minimum absolute atomic E-state index is 0.00746. The van der Waals surface area contributed by atoms with Gasteiger partial charge in [0.25, 0.3) is 0 Å². The molecule has 1 aliphatic heterocycles. The van der Waals surface area contributed by atoms with Crippen LogP contribution in [0.3, 0.4) is 0 Å². The predicted octanol–water partition coefficient (Wildman–Crippen LogP) is 3.64. The topological polar surface area (TPSA) is 64.1 Å². The van der Waals surface area contributed by atoms with Crippen LogP contribution in [-0.2, 0) is 16.0 Å². The van der Waals surface area contributed by atoms with Crippen molar-refractivity contribution >= 4 is 39.9 Å². The molecule has 0 bridgehead atoms. The number of para-hydroxylation sites is 1. The Kier molecular flexibility index (Phi) is 4.63. The second-order valence-corrected chi connectivity index (χ2v) is 7.53. The summed E-state index contributed by atoms with van der Waals surface area (Å²) in [7, 11) is 0. The van der Waals surface area contributed by atoms with Crippen molar-refractivity contribution in [2.45, 2.75) is 42.4 Å². The zero-order valence-corrected chi connectivity index (χ0v) is 14.0. The Morgan fingerprint density at radius 3 is 2.95 bits per heavy atom. The summed E-state index contributed by atoms with van der Waals surface area (Å²) in [4.78, 5) is 11.7. The lowest BCUT2D eigenvalue weighted by Crippen LogP contribution is -2.08. The molecule has 0 spiro atoms. The molecule has 0 unspecified atom stereocenters. The Labute approximate surface area is 137 Å². The van der Waals surface area contributed by atoms with Crippen LogP contribution in [0.1, 0.15) is 25.8 Å². The SMILES string of the molecule is CCc1ccccc1Nc1nnc(S[C@@H]2C[C@H](C)OC2=O)s1. The summed E-state index contributed by atoms with van der Waals surface area (Å²) in [5.74, 6) is -0.154. The van der Waals surface area contributed by atoms with E-state index in [1.807, 2.05) is 25.1 Å². The van der Waals surface area contributed by atoms with E-state index in [0.717, 1.165) is 28.0 Å². The van der Waals surface area contributed by atoms with Crippen molar-refractivity contribution in [2.24, 2.45) is 0 Å². The van der Waals surface area contributed by atoms with Crippen LogP contribution in [0.5, 0.6) is 0 Å². The molecular formula is C15H17N3O2S2. The zero-order chi connectivity index (χ0) is 15.5. The Morgan fingerprint density at radius 1 is 1.41 bits per heavy atom. The van der Waals surface area contributed by atoms with Gasteiger partial charge in [0.2, 0.25) is 5.13 Å². The first kappa shape index (κ1) is 15.3. The highest BCUT2D eigenvalue weighted by atomic mass is 32.2. The van der Waals surface area contributed by atoms with Gasteiger partial charge in [0.1, 0.15) is 11.4 Å². The van der Waals surface area contributed by atoms with E-state index >= 15 is 0 Å². The summed E-state index contributed by atoms with van der Waals surface area (Å²) >= 11 is 2.89. The molecule has 0 aliphatic carbocycles. The summed E-state index contributed by atoms with van der Waals surface area (Å²) < 4.78 is 5.94. The van der Waals surface area contributed by atoms with E-state index in [2.05, 4.69) is 28.5 Å². The molecule has 0 radical (unpaired) electrons. The Hall–Kier alpha value is -1.60. The summed E-state index contributed by atoms with van der Waals surface area (Å²) in [6, 6.07) is 8.14. The number of aromatic nitrogens is 2. The average molecular weight is 335 g/mol. The smallest absolute Gasteiger partial charge is 0.319 e. The van der Waals surface area contributed by atoms with Crippen LogP contribution in [0.4, 0.5) is 10.8 Å². The van der Waals surface area contributed by atoms with Gasteiger partial charge < -0.3 is 10.1 Å². The first-order valence-corrected chi connectivity index (χ1v) is 8.91. The van der Waals surface area contributed by atoms with Gasteiger partial charge in [-0.1, -0.05) is 48.2 Å². The molecule has 1 aliphatic rings. The maximum atomic E-state index is 11.7. The van der Waals surface area contributed by atoms with E-state index in [9.17, 15) is 4.79 Å². The highest BCUT2D eigenvalue weighted by Gasteiger charge is 2.33. The molecule has 1 aromatic carbocycles. The van der Waals surface area contributed by atoms with E-state index in [-0.39, 0.29) is 17.3 Å². The number of nitrogens with zero attached hydrogens (tertiary/aromatic N) is 2. The molecule has 2 atom stereocenters. The third-order valence-corrected chi connectivity index (χ3v) is 5.54. The first-order chi connectivity index (χ1) is 10.7. The summed E-state index contributed by atoms with van der Waals surface area (Å²) in [6.45, 7) is 4.03. The van der Waals surface area contributed by atoms with Crippen LogP contribution in [-0.4, -0.2) is 27.5 Å². The lowest BCUT2D eigenvalue weighted by atomic mass is 10.1. The molecular weight excluding hydrogens is 318 g/mol. The fourth-order valence-electron chi connectivity index (χ4n) is 2.31. The van der Waals surface area contributed by atoms with Crippen LogP contribution >= 0.6 is 23.1 Å². The van der Waals surface area contributed by atoms with Gasteiger partial charge in [0.05, 0.1) is 0 Å². The predicted molar refractivity (Wildman–Crippen MR) is 88.8 cm³/mol.